The number of nitrogen functional groups attached to an aromatic ring is 1. The number of fused-ring (bicyclic) bond motifs is 1. The number of benzene rings is 1. The first-order valence-electron chi connectivity index (χ1n) is 10.7. The van der Waals surface area contributed by atoms with E-state index in [-0.39, 0.29) is 35.8 Å². The lowest BCUT2D eigenvalue weighted by atomic mass is 10.1. The van der Waals surface area contributed by atoms with Gasteiger partial charge in [0.25, 0.3) is 11.4 Å². The van der Waals surface area contributed by atoms with Crippen LogP contribution in [-0.4, -0.2) is 41.4 Å². The Bertz CT molecular complexity index is 1410. The topological polar surface area (TPSA) is 158 Å². The summed E-state index contributed by atoms with van der Waals surface area (Å²) in [7, 11) is 0. The van der Waals surface area contributed by atoms with E-state index in [0.717, 1.165) is 12.0 Å². The number of aryl methyl sites for hydroxylation is 2. The molecule has 0 amide bonds. The molecular weight excluding hydrogens is 424 g/mol. The van der Waals surface area contributed by atoms with Gasteiger partial charge in [-0.2, -0.15) is 0 Å². The Morgan fingerprint density at radius 3 is 2.82 bits per heavy atom. The molecule has 3 heterocycles. The predicted molar refractivity (Wildman–Crippen MR) is 121 cm³/mol. The van der Waals surface area contributed by atoms with Crippen molar-refractivity contribution in [3.8, 4) is 11.5 Å². The SMILES string of the molecule is Cc1nnc(-c2c(N)ncnc2NC(C)c2nc3cccc(C)c3c(=O)n2C2CC2CO)o1. The van der Waals surface area contributed by atoms with Crippen LogP contribution in [0.5, 0.6) is 0 Å². The molecule has 1 aromatic carbocycles. The third-order valence-corrected chi connectivity index (χ3v) is 5.97. The van der Waals surface area contributed by atoms with Crippen LogP contribution in [0, 0.1) is 19.8 Å². The zero-order valence-electron chi connectivity index (χ0n) is 18.5. The van der Waals surface area contributed by atoms with Crippen molar-refractivity contribution >= 4 is 22.5 Å². The molecule has 1 saturated carbocycles. The van der Waals surface area contributed by atoms with E-state index in [1.165, 1.54) is 6.33 Å². The molecule has 3 atom stereocenters. The fraction of sp³-hybridized carbons (Fsp3) is 0.364. The first-order valence-corrected chi connectivity index (χ1v) is 10.7. The van der Waals surface area contributed by atoms with E-state index in [1.807, 2.05) is 32.0 Å². The van der Waals surface area contributed by atoms with Crippen molar-refractivity contribution in [2.24, 2.45) is 5.92 Å². The number of rotatable bonds is 6. The number of aromatic nitrogens is 6. The van der Waals surface area contributed by atoms with Gasteiger partial charge in [-0.1, -0.05) is 12.1 Å². The van der Waals surface area contributed by atoms with Crippen molar-refractivity contribution in [1.82, 2.24) is 29.7 Å². The minimum Gasteiger partial charge on any atom is -0.421 e. The Morgan fingerprint density at radius 1 is 1.30 bits per heavy atom. The van der Waals surface area contributed by atoms with Crippen LogP contribution in [0.25, 0.3) is 22.4 Å². The van der Waals surface area contributed by atoms with Gasteiger partial charge in [0.2, 0.25) is 5.89 Å². The lowest BCUT2D eigenvalue weighted by Crippen LogP contribution is -2.29. The summed E-state index contributed by atoms with van der Waals surface area (Å²) in [5, 5.41) is 21.4. The van der Waals surface area contributed by atoms with E-state index in [0.29, 0.717) is 34.0 Å². The molecule has 5 rings (SSSR count). The van der Waals surface area contributed by atoms with Crippen LogP contribution in [0.3, 0.4) is 0 Å². The molecule has 3 unspecified atom stereocenters. The standard InChI is InChI=1S/C22H24N8O3/c1-10-5-4-6-14-16(10)22(32)30(15-7-13(15)8-31)20(27-14)11(2)26-19-17(18(23)24-9-25-19)21-29-28-12(3)33-21/h4-6,9,11,13,15,31H,7-8H2,1-3H3,(H3,23,24,25,26). The summed E-state index contributed by atoms with van der Waals surface area (Å²) in [5.74, 6) is 1.73. The second kappa shape index (κ2) is 7.93. The van der Waals surface area contributed by atoms with E-state index >= 15 is 0 Å². The Labute approximate surface area is 188 Å². The molecule has 0 radical (unpaired) electrons. The number of anilines is 2. The van der Waals surface area contributed by atoms with Gasteiger partial charge >= 0.3 is 0 Å². The smallest absolute Gasteiger partial charge is 0.261 e. The van der Waals surface area contributed by atoms with Gasteiger partial charge in [0.05, 0.1) is 16.9 Å². The maximum Gasteiger partial charge on any atom is 0.261 e. The number of aliphatic hydroxyl groups excluding tert-OH is 1. The van der Waals surface area contributed by atoms with Crippen molar-refractivity contribution in [3.05, 3.63) is 52.2 Å². The molecule has 4 aromatic rings. The van der Waals surface area contributed by atoms with Gasteiger partial charge in [-0.15, -0.1) is 10.2 Å². The largest absolute Gasteiger partial charge is 0.421 e. The summed E-state index contributed by atoms with van der Waals surface area (Å²) in [5.41, 5.74) is 7.86. The predicted octanol–water partition coefficient (Wildman–Crippen LogP) is 2.16. The highest BCUT2D eigenvalue weighted by molar-refractivity contribution is 5.81. The maximum atomic E-state index is 13.5. The molecule has 170 valence electrons. The van der Waals surface area contributed by atoms with Crippen LogP contribution < -0.4 is 16.6 Å². The summed E-state index contributed by atoms with van der Waals surface area (Å²) in [4.78, 5) is 26.8. The van der Waals surface area contributed by atoms with E-state index in [4.69, 9.17) is 15.1 Å². The second-order valence-electron chi connectivity index (χ2n) is 8.33. The maximum absolute atomic E-state index is 13.5. The summed E-state index contributed by atoms with van der Waals surface area (Å²) in [6.45, 7) is 5.49. The van der Waals surface area contributed by atoms with Gasteiger partial charge in [-0.05, 0) is 31.9 Å². The average molecular weight is 448 g/mol. The lowest BCUT2D eigenvalue weighted by Gasteiger charge is -2.21. The Balaban J connectivity index is 1.62. The van der Waals surface area contributed by atoms with E-state index in [1.54, 1.807) is 11.5 Å². The zero-order chi connectivity index (χ0) is 23.3. The first-order chi connectivity index (χ1) is 15.9. The summed E-state index contributed by atoms with van der Waals surface area (Å²) in [6, 6.07) is 5.07. The fourth-order valence-corrected chi connectivity index (χ4v) is 4.18. The number of nitrogens with one attached hydrogen (secondary N) is 1. The van der Waals surface area contributed by atoms with E-state index < -0.39 is 6.04 Å². The average Bonchev–Trinajstić information content (AvgIpc) is 3.44. The summed E-state index contributed by atoms with van der Waals surface area (Å²) in [6.07, 6.45) is 2.06. The third-order valence-electron chi connectivity index (χ3n) is 5.97. The third kappa shape index (κ3) is 3.59. The molecule has 0 bridgehead atoms. The van der Waals surface area contributed by atoms with Crippen molar-refractivity contribution in [2.75, 3.05) is 17.7 Å². The monoisotopic (exact) mass is 448 g/mol. The molecule has 11 heteroatoms. The molecule has 0 aliphatic heterocycles. The number of nitrogens with two attached hydrogens (primary N) is 1. The molecule has 0 spiro atoms. The van der Waals surface area contributed by atoms with Crippen LogP contribution in [-0.2, 0) is 0 Å². The van der Waals surface area contributed by atoms with Crippen LogP contribution in [0.1, 0.15) is 42.7 Å². The number of hydrogen-bond donors (Lipinski definition) is 3. The van der Waals surface area contributed by atoms with Crippen LogP contribution in [0.4, 0.5) is 11.6 Å². The molecule has 11 nitrogen and oxygen atoms in total. The van der Waals surface area contributed by atoms with Gasteiger partial charge in [-0.25, -0.2) is 15.0 Å². The lowest BCUT2D eigenvalue weighted by molar-refractivity contribution is 0.267. The van der Waals surface area contributed by atoms with Gasteiger partial charge in [0, 0.05) is 25.5 Å². The van der Waals surface area contributed by atoms with Crippen molar-refractivity contribution in [2.45, 2.75) is 39.3 Å². The number of nitrogens with zero attached hydrogens (tertiary/aromatic N) is 6. The van der Waals surface area contributed by atoms with Gasteiger partial charge in [0.1, 0.15) is 29.4 Å². The molecular formula is C22H24N8O3. The summed E-state index contributed by atoms with van der Waals surface area (Å²) >= 11 is 0. The highest BCUT2D eigenvalue weighted by Gasteiger charge is 2.41. The zero-order valence-corrected chi connectivity index (χ0v) is 18.5. The van der Waals surface area contributed by atoms with Crippen LogP contribution in [0.15, 0.2) is 33.7 Å². The van der Waals surface area contributed by atoms with Gasteiger partial charge < -0.3 is 20.6 Å². The van der Waals surface area contributed by atoms with E-state index in [2.05, 4.69) is 25.5 Å². The molecule has 4 N–H and O–H groups in total. The second-order valence-corrected chi connectivity index (χ2v) is 8.33. The van der Waals surface area contributed by atoms with Crippen LogP contribution in [0.2, 0.25) is 0 Å². The van der Waals surface area contributed by atoms with Crippen molar-refractivity contribution in [1.29, 1.82) is 0 Å². The minimum absolute atomic E-state index is 0.0211. The highest BCUT2D eigenvalue weighted by Crippen LogP contribution is 2.43. The Kier molecular flexibility index (Phi) is 5.05. The van der Waals surface area contributed by atoms with E-state index in [9.17, 15) is 9.90 Å². The van der Waals surface area contributed by atoms with Crippen molar-refractivity contribution in [3.63, 3.8) is 0 Å². The molecule has 33 heavy (non-hydrogen) atoms. The first kappa shape index (κ1) is 21.0. The molecule has 1 fully saturated rings. The Morgan fingerprint density at radius 2 is 2.12 bits per heavy atom. The van der Waals surface area contributed by atoms with Crippen LogP contribution >= 0.6 is 0 Å². The number of aliphatic hydroxyl groups is 1. The highest BCUT2D eigenvalue weighted by atomic mass is 16.4. The molecule has 1 aliphatic carbocycles. The molecule has 0 saturated heterocycles. The molecule has 1 aliphatic rings. The number of hydrogen-bond acceptors (Lipinski definition) is 10. The fourth-order valence-electron chi connectivity index (χ4n) is 4.18. The molecule has 3 aromatic heterocycles. The summed E-state index contributed by atoms with van der Waals surface area (Å²) < 4.78 is 7.25. The van der Waals surface area contributed by atoms with Gasteiger partial charge in [0.15, 0.2) is 0 Å². The normalized spacial score (nSPS) is 18.4. The van der Waals surface area contributed by atoms with Crippen molar-refractivity contribution < 1.29 is 9.52 Å². The van der Waals surface area contributed by atoms with Gasteiger partial charge in [-0.3, -0.25) is 9.36 Å². The quantitative estimate of drug-likeness (QED) is 0.399. The Hall–Kier alpha value is -3.86. The minimum atomic E-state index is -0.431.